The predicted molar refractivity (Wildman–Crippen MR) is 170 cm³/mol. The van der Waals surface area contributed by atoms with Crippen molar-refractivity contribution < 1.29 is 32.7 Å². The first-order chi connectivity index (χ1) is 21.1. The first kappa shape index (κ1) is 32.7. The number of carboxylic acids is 1. The van der Waals surface area contributed by atoms with Crippen molar-refractivity contribution >= 4 is 27.6 Å². The van der Waals surface area contributed by atoms with Crippen molar-refractivity contribution in [3.63, 3.8) is 0 Å². The third-order valence-corrected chi connectivity index (χ3v) is 15.4. The van der Waals surface area contributed by atoms with Gasteiger partial charge in [0.05, 0.1) is 42.9 Å². The molecular formula is C34H52N4O6S. The number of fused-ring (bicyclic) bond motifs is 5. The minimum atomic E-state index is -3.67. The van der Waals surface area contributed by atoms with Crippen molar-refractivity contribution in [2.75, 3.05) is 69.6 Å². The van der Waals surface area contributed by atoms with Crippen molar-refractivity contribution in [2.24, 2.45) is 34.5 Å². The van der Waals surface area contributed by atoms with Gasteiger partial charge in [0.15, 0.2) is 0 Å². The van der Waals surface area contributed by atoms with Gasteiger partial charge in [-0.2, -0.15) is 4.31 Å². The molecule has 1 amide bonds. The number of aryl methyl sites for hydroxylation is 1. The number of amides is 1. The van der Waals surface area contributed by atoms with E-state index in [1.165, 1.54) is 5.56 Å². The van der Waals surface area contributed by atoms with Gasteiger partial charge in [-0.3, -0.25) is 4.79 Å². The van der Waals surface area contributed by atoms with Gasteiger partial charge in [-0.1, -0.05) is 39.0 Å². The molecule has 6 aliphatic rings. The molecular weight excluding hydrogens is 592 g/mol. The zero-order valence-electron chi connectivity index (χ0n) is 27.5. The molecule has 4 aliphatic heterocycles. The van der Waals surface area contributed by atoms with Gasteiger partial charge in [-0.25, -0.2) is 8.42 Å². The molecule has 250 valence electrons. The zero-order valence-corrected chi connectivity index (χ0v) is 28.3. The highest BCUT2D eigenvalue weighted by Crippen LogP contribution is 2.71. The Morgan fingerprint density at radius 1 is 1.11 bits per heavy atom. The first-order valence-electron chi connectivity index (χ1n) is 17.0. The molecule has 2 saturated carbocycles. The van der Waals surface area contributed by atoms with Gasteiger partial charge in [-0.05, 0) is 55.1 Å². The third kappa shape index (κ3) is 5.39. The minimum absolute atomic E-state index is 0.0545. The number of aliphatic hydroxyl groups is 1. The normalized spacial score (nSPS) is 36.6. The summed E-state index contributed by atoms with van der Waals surface area (Å²) in [6.07, 6.45) is 3.75. The van der Waals surface area contributed by atoms with Gasteiger partial charge in [0.2, 0.25) is 15.9 Å². The molecule has 10 nitrogen and oxygen atoms in total. The number of para-hydroxylation sites is 1. The number of piperidine rings is 3. The Bertz CT molecular complexity index is 1420. The maximum absolute atomic E-state index is 14.2. The second kappa shape index (κ2) is 11.5. The Hall–Kier alpha value is -2.21. The monoisotopic (exact) mass is 644 g/mol. The summed E-state index contributed by atoms with van der Waals surface area (Å²) in [4.78, 5) is 27.2. The van der Waals surface area contributed by atoms with Crippen LogP contribution in [0.4, 0.5) is 5.69 Å². The number of carboxylic acid groups (broad SMARTS) is 1. The van der Waals surface area contributed by atoms with Crippen molar-refractivity contribution in [1.29, 1.82) is 0 Å². The molecule has 0 aromatic heterocycles. The van der Waals surface area contributed by atoms with Crippen molar-refractivity contribution in [2.45, 2.75) is 65.4 Å². The third-order valence-electron chi connectivity index (χ3n) is 13.4. The van der Waals surface area contributed by atoms with Gasteiger partial charge in [-0.15, -0.1) is 0 Å². The fourth-order valence-corrected chi connectivity index (χ4v) is 12.7. The number of sulfonamides is 1. The summed E-state index contributed by atoms with van der Waals surface area (Å²) in [5, 5.41) is 27.1. The number of rotatable bonds is 10. The van der Waals surface area contributed by atoms with Crippen molar-refractivity contribution in [3.05, 3.63) is 29.8 Å². The van der Waals surface area contributed by atoms with Gasteiger partial charge < -0.3 is 29.7 Å². The minimum Gasteiger partial charge on any atom is -0.544 e. The van der Waals surface area contributed by atoms with Crippen LogP contribution in [-0.2, 0) is 19.6 Å². The zero-order chi connectivity index (χ0) is 32.4. The van der Waals surface area contributed by atoms with E-state index in [1.54, 1.807) is 4.31 Å². The summed E-state index contributed by atoms with van der Waals surface area (Å²) >= 11 is 0. The highest BCUT2D eigenvalue weighted by molar-refractivity contribution is 7.89. The van der Waals surface area contributed by atoms with E-state index in [4.69, 9.17) is 0 Å². The molecule has 5 atom stereocenters. The molecule has 4 heterocycles. The van der Waals surface area contributed by atoms with Crippen LogP contribution in [-0.4, -0.2) is 104 Å². The number of nitrogens with one attached hydrogen (secondary N) is 1. The lowest BCUT2D eigenvalue weighted by atomic mass is 9.60. The molecule has 2 N–H and O–H groups in total. The van der Waals surface area contributed by atoms with E-state index in [0.29, 0.717) is 50.0 Å². The molecule has 7 rings (SSSR count). The van der Waals surface area contributed by atoms with E-state index < -0.39 is 27.0 Å². The van der Waals surface area contributed by atoms with Crippen LogP contribution in [0.15, 0.2) is 24.3 Å². The lowest BCUT2D eigenvalue weighted by Crippen LogP contribution is -2.66. The summed E-state index contributed by atoms with van der Waals surface area (Å²) in [7, 11) is -3.67. The molecule has 11 heteroatoms. The van der Waals surface area contributed by atoms with Crippen LogP contribution in [0.25, 0.3) is 0 Å². The van der Waals surface area contributed by atoms with Crippen LogP contribution in [0, 0.1) is 41.4 Å². The molecule has 4 bridgehead atoms. The summed E-state index contributed by atoms with van der Waals surface area (Å²) in [5.74, 6) is -1.37. The number of quaternary nitrogens is 1. The lowest BCUT2D eigenvalue weighted by molar-refractivity contribution is -0.940. The largest absolute Gasteiger partial charge is 0.544 e. The highest BCUT2D eigenvalue weighted by atomic mass is 32.2. The Kier molecular flexibility index (Phi) is 8.35. The maximum Gasteiger partial charge on any atom is 0.229 e. The van der Waals surface area contributed by atoms with E-state index in [1.807, 2.05) is 19.1 Å². The van der Waals surface area contributed by atoms with E-state index in [2.05, 4.69) is 43.1 Å². The fourth-order valence-electron chi connectivity index (χ4n) is 10.4. The van der Waals surface area contributed by atoms with Gasteiger partial charge in [0.25, 0.3) is 0 Å². The molecule has 6 fully saturated rings. The van der Waals surface area contributed by atoms with Crippen molar-refractivity contribution in [1.82, 2.24) is 9.62 Å². The summed E-state index contributed by atoms with van der Waals surface area (Å²) in [5.41, 5.74) is -0.104. The van der Waals surface area contributed by atoms with E-state index in [9.17, 15) is 28.2 Å². The number of carbonyl (C=O) groups excluding carboxylic acids is 2. The van der Waals surface area contributed by atoms with Crippen LogP contribution in [0.5, 0.6) is 0 Å². The average Bonchev–Trinajstić information content (AvgIpc) is 3.33. The van der Waals surface area contributed by atoms with E-state index >= 15 is 0 Å². The smallest absolute Gasteiger partial charge is 0.229 e. The number of benzene rings is 1. The molecule has 1 aromatic rings. The Morgan fingerprint density at radius 2 is 1.78 bits per heavy atom. The number of aliphatic carboxylic acids is 1. The van der Waals surface area contributed by atoms with Crippen LogP contribution in [0.1, 0.15) is 58.4 Å². The Balaban J connectivity index is 1.14. The summed E-state index contributed by atoms with van der Waals surface area (Å²) in [6, 6.07) is 8.19. The second-order valence-corrected chi connectivity index (χ2v) is 17.7. The van der Waals surface area contributed by atoms with Crippen molar-refractivity contribution in [3.8, 4) is 0 Å². The molecule has 1 aromatic carbocycles. The van der Waals surface area contributed by atoms with Crippen LogP contribution in [0.2, 0.25) is 0 Å². The van der Waals surface area contributed by atoms with Crippen LogP contribution >= 0.6 is 0 Å². The molecule has 2 unspecified atom stereocenters. The quantitative estimate of drug-likeness (QED) is 0.368. The standard InChI is InChI=1S/C34H52N4O6S/c1-24-7-5-6-8-29(24)36-13-15-37(16-14-36)45(43,44)23-33-12-9-27(32(33,3)4)19-34(33,42)25(2)20-35-31(41)28-21-38(22-30(39)40)17-10-26(28)11-18-38/h5-8,25-28,42H,9-23H2,1-4H3,(H-,35,39,40,41)/t25?,26?,27-,28?,33+,34+,38?/m1/s1. The summed E-state index contributed by atoms with van der Waals surface area (Å²) in [6.45, 7) is 12.6. The number of nitrogens with zero attached hydrogens (tertiary/aromatic N) is 3. The number of anilines is 1. The topological polar surface area (TPSA) is 130 Å². The highest BCUT2D eigenvalue weighted by Gasteiger charge is 2.73. The molecule has 45 heavy (non-hydrogen) atoms. The fraction of sp³-hybridized carbons (Fsp3) is 0.765. The average molecular weight is 645 g/mol. The van der Waals surface area contributed by atoms with E-state index in [0.717, 1.165) is 38.0 Å². The number of carbonyl (C=O) groups is 2. The van der Waals surface area contributed by atoms with Gasteiger partial charge in [0, 0.05) is 62.6 Å². The Labute approximate surface area is 268 Å². The number of hydrogen-bond donors (Lipinski definition) is 2. The molecule has 0 spiro atoms. The Morgan fingerprint density at radius 3 is 2.40 bits per heavy atom. The van der Waals surface area contributed by atoms with Gasteiger partial charge >= 0.3 is 0 Å². The first-order valence-corrected chi connectivity index (χ1v) is 18.6. The lowest BCUT2D eigenvalue weighted by Gasteiger charge is -2.52. The second-order valence-electron chi connectivity index (χ2n) is 15.7. The maximum atomic E-state index is 14.2. The van der Waals surface area contributed by atoms with Crippen LogP contribution in [0.3, 0.4) is 0 Å². The molecule has 4 saturated heterocycles. The molecule has 2 aliphatic carbocycles. The van der Waals surface area contributed by atoms with Crippen LogP contribution < -0.4 is 15.3 Å². The van der Waals surface area contributed by atoms with Gasteiger partial charge in [0.1, 0.15) is 6.54 Å². The molecule has 0 radical (unpaired) electrons. The predicted octanol–water partition coefficient (Wildman–Crippen LogP) is 1.36. The number of piperazine rings is 1. The van der Waals surface area contributed by atoms with E-state index in [-0.39, 0.29) is 53.8 Å². The number of hydrogen-bond acceptors (Lipinski definition) is 7. The summed E-state index contributed by atoms with van der Waals surface area (Å²) < 4.78 is 30.4. The SMILES string of the molecule is Cc1ccccc1N1CCN(S(=O)(=O)C[C@]23CC[C@H](C[C@]2(O)C(C)CNC(=O)C2C[N+]4(CC(=O)[O-])CCC2CC4)C3(C)C)CC1.